The Bertz CT molecular complexity index is 843. The zero-order chi connectivity index (χ0) is 17.2. The fourth-order valence-electron chi connectivity index (χ4n) is 2.95. The maximum absolute atomic E-state index is 5.92. The summed E-state index contributed by atoms with van der Waals surface area (Å²) in [6.45, 7) is 7.59. The van der Waals surface area contributed by atoms with Gasteiger partial charge < -0.3 is 14.5 Å². The first-order chi connectivity index (χ1) is 12.2. The number of hydrogen-bond acceptors (Lipinski definition) is 7. The highest BCUT2D eigenvalue weighted by molar-refractivity contribution is 7.17. The van der Waals surface area contributed by atoms with Crippen LogP contribution in [0.25, 0.3) is 10.2 Å². The summed E-state index contributed by atoms with van der Waals surface area (Å²) in [7, 11) is 0. The molecule has 1 aliphatic heterocycles. The standard InChI is InChI=1S/C18H21N5OS/c1-13(2)24-17-16-14(6-12-25-16)20-18(21-17)23-10-8-22(9-11-23)15-5-3-4-7-19-15/h3-7,12-13H,8-11H2,1-2H3. The molecule has 0 N–H and O–H groups in total. The lowest BCUT2D eigenvalue weighted by Gasteiger charge is -2.35. The molecule has 3 aromatic heterocycles. The number of hydrogen-bond donors (Lipinski definition) is 0. The van der Waals surface area contributed by atoms with E-state index in [0.717, 1.165) is 48.2 Å². The first kappa shape index (κ1) is 16.1. The van der Waals surface area contributed by atoms with Crippen molar-refractivity contribution in [2.24, 2.45) is 0 Å². The molecule has 0 spiro atoms. The van der Waals surface area contributed by atoms with Crippen LogP contribution >= 0.6 is 11.3 Å². The molecule has 4 rings (SSSR count). The molecule has 25 heavy (non-hydrogen) atoms. The molecule has 4 heterocycles. The molecule has 0 amide bonds. The van der Waals surface area contributed by atoms with Crippen molar-refractivity contribution in [1.29, 1.82) is 0 Å². The van der Waals surface area contributed by atoms with Gasteiger partial charge in [0.05, 0.1) is 11.6 Å². The van der Waals surface area contributed by atoms with Crippen LogP contribution in [0.5, 0.6) is 5.88 Å². The average Bonchev–Trinajstić information content (AvgIpc) is 3.11. The summed E-state index contributed by atoms with van der Waals surface area (Å²) in [5, 5.41) is 2.04. The molecule has 0 unspecified atom stereocenters. The molecule has 3 aromatic rings. The maximum atomic E-state index is 5.92. The Hall–Kier alpha value is -2.41. The van der Waals surface area contributed by atoms with Crippen LogP contribution in [0.15, 0.2) is 35.8 Å². The molecule has 130 valence electrons. The number of pyridine rings is 1. The van der Waals surface area contributed by atoms with E-state index in [0.29, 0.717) is 5.88 Å². The highest BCUT2D eigenvalue weighted by Gasteiger charge is 2.22. The molecule has 6 nitrogen and oxygen atoms in total. The first-order valence-corrected chi connectivity index (χ1v) is 9.41. The van der Waals surface area contributed by atoms with Crippen molar-refractivity contribution in [2.75, 3.05) is 36.0 Å². The van der Waals surface area contributed by atoms with Gasteiger partial charge in [0.2, 0.25) is 11.8 Å². The van der Waals surface area contributed by atoms with Crippen LogP contribution in [-0.4, -0.2) is 47.2 Å². The van der Waals surface area contributed by atoms with E-state index < -0.39 is 0 Å². The number of rotatable bonds is 4. The predicted molar refractivity (Wildman–Crippen MR) is 102 cm³/mol. The maximum Gasteiger partial charge on any atom is 0.236 e. The van der Waals surface area contributed by atoms with Crippen LogP contribution in [0.2, 0.25) is 0 Å². The van der Waals surface area contributed by atoms with Crippen LogP contribution < -0.4 is 14.5 Å². The zero-order valence-corrected chi connectivity index (χ0v) is 15.2. The lowest BCUT2D eigenvalue weighted by molar-refractivity contribution is 0.236. The number of ether oxygens (including phenoxy) is 1. The zero-order valence-electron chi connectivity index (χ0n) is 14.4. The number of anilines is 2. The van der Waals surface area contributed by atoms with Gasteiger partial charge >= 0.3 is 0 Å². The predicted octanol–water partition coefficient (Wildman–Crippen LogP) is 3.20. The second-order valence-electron chi connectivity index (χ2n) is 6.29. The molecule has 0 atom stereocenters. The molecule has 1 fully saturated rings. The van der Waals surface area contributed by atoms with E-state index >= 15 is 0 Å². The largest absolute Gasteiger partial charge is 0.474 e. The monoisotopic (exact) mass is 355 g/mol. The average molecular weight is 355 g/mol. The van der Waals surface area contributed by atoms with E-state index in [1.807, 2.05) is 43.6 Å². The van der Waals surface area contributed by atoms with Crippen LogP contribution in [0.1, 0.15) is 13.8 Å². The fraction of sp³-hybridized carbons (Fsp3) is 0.389. The minimum atomic E-state index is 0.0917. The molecular formula is C18H21N5OS. The summed E-state index contributed by atoms with van der Waals surface area (Å²) in [5.74, 6) is 2.47. The molecule has 1 aliphatic rings. The summed E-state index contributed by atoms with van der Waals surface area (Å²) < 4.78 is 6.94. The fourth-order valence-corrected chi connectivity index (χ4v) is 3.71. The van der Waals surface area contributed by atoms with E-state index in [2.05, 4.69) is 20.9 Å². The summed E-state index contributed by atoms with van der Waals surface area (Å²) in [4.78, 5) is 18.4. The number of aromatic nitrogens is 3. The Kier molecular flexibility index (Phi) is 4.40. The molecule has 1 saturated heterocycles. The Morgan fingerprint density at radius 1 is 1.04 bits per heavy atom. The van der Waals surface area contributed by atoms with E-state index in [-0.39, 0.29) is 6.10 Å². The normalized spacial score (nSPS) is 15.2. The highest BCUT2D eigenvalue weighted by Crippen LogP contribution is 2.31. The quantitative estimate of drug-likeness (QED) is 0.716. The van der Waals surface area contributed by atoms with E-state index in [4.69, 9.17) is 14.7 Å². The first-order valence-electron chi connectivity index (χ1n) is 8.53. The van der Waals surface area contributed by atoms with Gasteiger partial charge in [0.25, 0.3) is 0 Å². The van der Waals surface area contributed by atoms with Crippen molar-refractivity contribution >= 4 is 33.3 Å². The van der Waals surface area contributed by atoms with Gasteiger partial charge in [-0.1, -0.05) is 6.07 Å². The Balaban J connectivity index is 1.54. The minimum absolute atomic E-state index is 0.0917. The third-order valence-corrected chi connectivity index (χ3v) is 5.04. The van der Waals surface area contributed by atoms with Crippen LogP contribution in [-0.2, 0) is 0 Å². The SMILES string of the molecule is CC(C)Oc1nc(N2CCN(c3ccccn3)CC2)nc2ccsc12. The van der Waals surface area contributed by atoms with Gasteiger partial charge in [0.15, 0.2) is 0 Å². The Morgan fingerprint density at radius 3 is 2.56 bits per heavy atom. The molecular weight excluding hydrogens is 334 g/mol. The van der Waals surface area contributed by atoms with Crippen LogP contribution in [0, 0.1) is 0 Å². The van der Waals surface area contributed by atoms with Gasteiger partial charge in [0, 0.05) is 32.4 Å². The van der Waals surface area contributed by atoms with E-state index in [1.54, 1.807) is 11.3 Å². The number of nitrogens with zero attached hydrogens (tertiary/aromatic N) is 5. The third kappa shape index (κ3) is 3.37. The Morgan fingerprint density at radius 2 is 1.84 bits per heavy atom. The van der Waals surface area contributed by atoms with Crippen molar-refractivity contribution in [3.05, 3.63) is 35.8 Å². The second-order valence-corrected chi connectivity index (χ2v) is 7.21. The van der Waals surface area contributed by atoms with E-state index in [1.165, 1.54) is 0 Å². The number of thiophene rings is 1. The number of fused-ring (bicyclic) bond motifs is 1. The van der Waals surface area contributed by atoms with Gasteiger partial charge in [-0.15, -0.1) is 11.3 Å². The smallest absolute Gasteiger partial charge is 0.236 e. The summed E-state index contributed by atoms with van der Waals surface area (Å²) in [6, 6.07) is 8.05. The van der Waals surface area contributed by atoms with Gasteiger partial charge in [-0.25, -0.2) is 9.97 Å². The van der Waals surface area contributed by atoms with E-state index in [9.17, 15) is 0 Å². The van der Waals surface area contributed by atoms with Crippen molar-refractivity contribution in [3.8, 4) is 5.88 Å². The molecule has 7 heteroatoms. The molecule has 0 radical (unpaired) electrons. The second kappa shape index (κ2) is 6.84. The van der Waals surface area contributed by atoms with Crippen molar-refractivity contribution < 1.29 is 4.74 Å². The Labute approximate surface area is 151 Å². The number of piperazine rings is 1. The van der Waals surface area contributed by atoms with Gasteiger partial charge in [-0.05, 0) is 37.4 Å². The summed E-state index contributed by atoms with van der Waals surface area (Å²) in [5.41, 5.74) is 0.956. The topological polar surface area (TPSA) is 54.4 Å². The van der Waals surface area contributed by atoms with Crippen LogP contribution in [0.3, 0.4) is 0 Å². The summed E-state index contributed by atoms with van der Waals surface area (Å²) >= 11 is 1.62. The molecule has 0 aliphatic carbocycles. The molecule has 0 aromatic carbocycles. The highest BCUT2D eigenvalue weighted by atomic mass is 32.1. The van der Waals surface area contributed by atoms with Crippen molar-refractivity contribution in [2.45, 2.75) is 20.0 Å². The van der Waals surface area contributed by atoms with Crippen molar-refractivity contribution in [3.63, 3.8) is 0 Å². The lowest BCUT2D eigenvalue weighted by Crippen LogP contribution is -2.47. The summed E-state index contributed by atoms with van der Waals surface area (Å²) in [6.07, 6.45) is 1.93. The van der Waals surface area contributed by atoms with Gasteiger partial charge in [-0.3, -0.25) is 0 Å². The molecule has 0 bridgehead atoms. The molecule has 0 saturated carbocycles. The van der Waals surface area contributed by atoms with Gasteiger partial charge in [0.1, 0.15) is 10.5 Å². The third-order valence-electron chi connectivity index (χ3n) is 4.14. The minimum Gasteiger partial charge on any atom is -0.474 e. The lowest BCUT2D eigenvalue weighted by atomic mass is 10.3. The van der Waals surface area contributed by atoms with Crippen LogP contribution in [0.4, 0.5) is 11.8 Å². The van der Waals surface area contributed by atoms with Gasteiger partial charge in [-0.2, -0.15) is 4.98 Å². The van der Waals surface area contributed by atoms with Crippen molar-refractivity contribution in [1.82, 2.24) is 15.0 Å².